The number of nitrogens with one attached hydrogen (secondary N) is 1. The van der Waals surface area contributed by atoms with Gasteiger partial charge in [-0.25, -0.2) is 4.79 Å². The number of carbonyl (C=O) groups excluding carboxylic acids is 2. The number of rotatable bonds is 3. The van der Waals surface area contributed by atoms with Crippen LogP contribution in [-0.4, -0.2) is 24.3 Å². The molecular weight excluding hydrogens is 286 g/mol. The normalized spacial score (nSPS) is 13.3. The third-order valence-corrected chi connectivity index (χ3v) is 2.63. The Bertz CT molecular complexity index is 628. The maximum Gasteiger partial charge on any atom is 0.331 e. The van der Waals surface area contributed by atoms with Crippen molar-refractivity contribution in [2.75, 3.05) is 12.1 Å². The van der Waals surface area contributed by atoms with Gasteiger partial charge in [-0.3, -0.25) is 4.79 Å². The number of amides is 1. The van der Waals surface area contributed by atoms with Crippen LogP contribution in [0.2, 0.25) is 0 Å². The summed E-state index contributed by atoms with van der Waals surface area (Å²) in [4.78, 5) is 22.9. The van der Waals surface area contributed by atoms with E-state index in [4.69, 9.17) is 14.2 Å². The summed E-state index contributed by atoms with van der Waals surface area (Å²) in [6.07, 6.45) is 2.90. The Morgan fingerprint density at radius 2 is 2.00 bits per heavy atom. The highest BCUT2D eigenvalue weighted by Crippen LogP contribution is 2.39. The maximum absolute atomic E-state index is 11.7. The quantitative estimate of drug-likeness (QED) is 0.686. The van der Waals surface area contributed by atoms with Crippen LogP contribution >= 0.6 is 0 Å². The van der Waals surface area contributed by atoms with Crippen molar-refractivity contribution in [2.45, 2.75) is 33.3 Å². The summed E-state index contributed by atoms with van der Waals surface area (Å²) in [7, 11) is 0. The first-order valence-corrected chi connectivity index (χ1v) is 6.87. The van der Waals surface area contributed by atoms with E-state index in [1.54, 1.807) is 39.0 Å². The van der Waals surface area contributed by atoms with Crippen LogP contribution in [0.1, 0.15) is 33.3 Å². The van der Waals surface area contributed by atoms with E-state index in [1.807, 2.05) is 0 Å². The minimum Gasteiger partial charge on any atom is -0.457 e. The van der Waals surface area contributed by atoms with Gasteiger partial charge in [-0.2, -0.15) is 0 Å². The molecule has 1 heterocycles. The fraction of sp³-hybridized carbons (Fsp3) is 0.375. The maximum atomic E-state index is 11.7. The average molecular weight is 305 g/mol. The van der Waals surface area contributed by atoms with Crippen molar-refractivity contribution in [1.29, 1.82) is 0 Å². The standard InChI is InChI=1S/C16H19NO5/c1-10(18)17-12-7-11(15-13(8-12)20-9-21-15)5-6-14(19)22-16(2,3)4/h5-8H,9H2,1-4H3,(H,17,18)/b6-5+. The zero-order valence-electron chi connectivity index (χ0n) is 13.1. The largest absolute Gasteiger partial charge is 0.457 e. The van der Waals surface area contributed by atoms with Gasteiger partial charge in [0.1, 0.15) is 5.60 Å². The number of carbonyl (C=O) groups is 2. The van der Waals surface area contributed by atoms with Gasteiger partial charge in [0.15, 0.2) is 11.5 Å². The van der Waals surface area contributed by atoms with Crippen molar-refractivity contribution < 1.29 is 23.8 Å². The van der Waals surface area contributed by atoms with Crippen molar-refractivity contribution in [1.82, 2.24) is 0 Å². The Labute approximate surface area is 129 Å². The number of anilines is 1. The highest BCUT2D eigenvalue weighted by molar-refractivity contribution is 5.91. The third-order valence-electron chi connectivity index (χ3n) is 2.63. The Morgan fingerprint density at radius 3 is 2.64 bits per heavy atom. The molecule has 0 aliphatic carbocycles. The number of esters is 1. The van der Waals surface area contributed by atoms with E-state index in [2.05, 4.69) is 5.32 Å². The summed E-state index contributed by atoms with van der Waals surface area (Å²) in [6.45, 7) is 6.91. The van der Waals surface area contributed by atoms with Crippen molar-refractivity contribution in [3.63, 3.8) is 0 Å². The summed E-state index contributed by atoms with van der Waals surface area (Å²) in [5, 5.41) is 2.68. The topological polar surface area (TPSA) is 73.9 Å². The summed E-state index contributed by atoms with van der Waals surface area (Å²) in [5.74, 6) is 0.412. The molecule has 6 nitrogen and oxygen atoms in total. The molecule has 2 rings (SSSR count). The molecule has 0 unspecified atom stereocenters. The number of benzene rings is 1. The van der Waals surface area contributed by atoms with E-state index in [0.29, 0.717) is 22.7 Å². The molecule has 1 aromatic carbocycles. The average Bonchev–Trinajstić information content (AvgIpc) is 2.81. The lowest BCUT2D eigenvalue weighted by Gasteiger charge is -2.17. The van der Waals surface area contributed by atoms with Gasteiger partial charge in [-0.1, -0.05) is 0 Å². The second kappa shape index (κ2) is 6.09. The Kier molecular flexibility index (Phi) is 4.40. The number of hydrogen-bond donors (Lipinski definition) is 1. The molecule has 0 saturated heterocycles. The van der Waals surface area contributed by atoms with E-state index in [0.717, 1.165) is 0 Å². The molecule has 6 heteroatoms. The molecule has 118 valence electrons. The molecule has 0 spiro atoms. The van der Waals surface area contributed by atoms with E-state index >= 15 is 0 Å². The van der Waals surface area contributed by atoms with Gasteiger partial charge in [-0.05, 0) is 32.9 Å². The Morgan fingerprint density at radius 1 is 1.27 bits per heavy atom. The van der Waals surface area contributed by atoms with E-state index in [-0.39, 0.29) is 12.7 Å². The summed E-state index contributed by atoms with van der Waals surface area (Å²) in [5.41, 5.74) is 0.645. The first-order valence-electron chi connectivity index (χ1n) is 6.87. The van der Waals surface area contributed by atoms with Crippen molar-refractivity contribution >= 4 is 23.6 Å². The number of fused-ring (bicyclic) bond motifs is 1. The van der Waals surface area contributed by atoms with Crippen molar-refractivity contribution in [3.8, 4) is 11.5 Å². The predicted molar refractivity (Wildman–Crippen MR) is 81.7 cm³/mol. The first-order chi connectivity index (χ1) is 10.2. The minimum absolute atomic E-state index is 0.103. The highest BCUT2D eigenvalue weighted by atomic mass is 16.7. The van der Waals surface area contributed by atoms with Gasteiger partial charge in [-0.15, -0.1) is 0 Å². The number of ether oxygens (including phenoxy) is 3. The predicted octanol–water partition coefficient (Wildman–Crippen LogP) is 2.73. The zero-order valence-corrected chi connectivity index (χ0v) is 13.1. The molecule has 22 heavy (non-hydrogen) atoms. The lowest BCUT2D eigenvalue weighted by molar-refractivity contribution is -0.148. The highest BCUT2D eigenvalue weighted by Gasteiger charge is 2.19. The van der Waals surface area contributed by atoms with Crippen LogP contribution in [0.4, 0.5) is 5.69 Å². The van der Waals surface area contributed by atoms with Gasteiger partial charge in [0.2, 0.25) is 12.7 Å². The second-order valence-electron chi connectivity index (χ2n) is 5.85. The van der Waals surface area contributed by atoms with Crippen LogP contribution in [0.15, 0.2) is 18.2 Å². The molecule has 1 aliphatic rings. The fourth-order valence-electron chi connectivity index (χ4n) is 1.93. The SMILES string of the molecule is CC(=O)Nc1cc(/C=C/C(=O)OC(C)(C)C)c2c(c1)OCO2. The lowest BCUT2D eigenvalue weighted by Crippen LogP contribution is -2.22. The van der Waals surface area contributed by atoms with Gasteiger partial charge < -0.3 is 19.5 Å². The summed E-state index contributed by atoms with van der Waals surface area (Å²) in [6, 6.07) is 3.38. The van der Waals surface area contributed by atoms with Gasteiger partial charge >= 0.3 is 5.97 Å². The van der Waals surface area contributed by atoms with E-state index < -0.39 is 11.6 Å². The van der Waals surface area contributed by atoms with Crippen LogP contribution in [0.5, 0.6) is 11.5 Å². The molecular formula is C16H19NO5. The second-order valence-corrected chi connectivity index (χ2v) is 5.85. The smallest absolute Gasteiger partial charge is 0.331 e. The van der Waals surface area contributed by atoms with Crippen molar-refractivity contribution in [3.05, 3.63) is 23.8 Å². The number of hydrogen-bond acceptors (Lipinski definition) is 5. The molecule has 1 aliphatic heterocycles. The molecule has 1 N–H and O–H groups in total. The zero-order chi connectivity index (χ0) is 16.3. The molecule has 1 amide bonds. The fourth-order valence-corrected chi connectivity index (χ4v) is 1.93. The van der Waals surface area contributed by atoms with Gasteiger partial charge in [0, 0.05) is 30.3 Å². The summed E-state index contributed by atoms with van der Waals surface area (Å²) >= 11 is 0. The molecule has 1 aromatic rings. The molecule has 0 aromatic heterocycles. The van der Waals surface area contributed by atoms with Gasteiger partial charge in [0.25, 0.3) is 0 Å². The Hall–Kier alpha value is -2.50. The Balaban J connectivity index is 2.24. The van der Waals surface area contributed by atoms with Gasteiger partial charge in [0.05, 0.1) is 0 Å². The summed E-state index contributed by atoms with van der Waals surface area (Å²) < 4.78 is 15.9. The third kappa shape index (κ3) is 4.25. The molecule has 0 fully saturated rings. The van der Waals surface area contributed by atoms with Crippen LogP contribution in [0.3, 0.4) is 0 Å². The molecule has 0 radical (unpaired) electrons. The molecule has 0 bridgehead atoms. The molecule has 0 saturated carbocycles. The minimum atomic E-state index is -0.555. The van der Waals surface area contributed by atoms with Crippen LogP contribution in [0.25, 0.3) is 6.08 Å². The van der Waals surface area contributed by atoms with Crippen LogP contribution in [0, 0.1) is 0 Å². The van der Waals surface area contributed by atoms with Crippen LogP contribution in [-0.2, 0) is 14.3 Å². The van der Waals surface area contributed by atoms with E-state index in [9.17, 15) is 9.59 Å². The molecule has 0 atom stereocenters. The van der Waals surface area contributed by atoms with Crippen LogP contribution < -0.4 is 14.8 Å². The monoisotopic (exact) mass is 305 g/mol. The van der Waals surface area contributed by atoms with Crippen molar-refractivity contribution in [2.24, 2.45) is 0 Å². The first kappa shape index (κ1) is 15.9. The van der Waals surface area contributed by atoms with E-state index in [1.165, 1.54) is 13.0 Å². The lowest BCUT2D eigenvalue weighted by atomic mass is 10.1.